The van der Waals surface area contributed by atoms with Crippen LogP contribution >= 0.6 is 11.3 Å². The molecule has 1 N–H and O–H groups in total. The molecule has 4 rings (SSSR count). The third kappa shape index (κ3) is 3.17. The number of amides is 1. The predicted molar refractivity (Wildman–Crippen MR) is 101 cm³/mol. The molecule has 128 valence electrons. The van der Waals surface area contributed by atoms with E-state index in [1.807, 2.05) is 28.5 Å². The molecule has 0 atom stereocenters. The van der Waals surface area contributed by atoms with Crippen molar-refractivity contribution < 1.29 is 4.79 Å². The second-order valence-electron chi connectivity index (χ2n) is 6.21. The van der Waals surface area contributed by atoms with Gasteiger partial charge in [-0.05, 0) is 36.1 Å². The number of hydrogen-bond donors (Lipinski definition) is 1. The number of hydrogen-bond acceptors (Lipinski definition) is 4. The van der Waals surface area contributed by atoms with Crippen LogP contribution in [0.4, 0.5) is 5.69 Å². The van der Waals surface area contributed by atoms with Crippen molar-refractivity contribution in [1.29, 1.82) is 0 Å². The lowest BCUT2D eigenvalue weighted by atomic mass is 10.1. The molecule has 6 heteroatoms. The van der Waals surface area contributed by atoms with Gasteiger partial charge in [-0.15, -0.1) is 11.3 Å². The monoisotopic (exact) mass is 352 g/mol. The average molecular weight is 352 g/mol. The van der Waals surface area contributed by atoms with Crippen LogP contribution in [0.25, 0.3) is 10.6 Å². The van der Waals surface area contributed by atoms with Gasteiger partial charge in [-0.3, -0.25) is 9.89 Å². The van der Waals surface area contributed by atoms with Crippen molar-refractivity contribution in [1.82, 2.24) is 15.1 Å². The maximum absolute atomic E-state index is 12.7. The first kappa shape index (κ1) is 15.9. The normalized spacial score (nSPS) is 14.8. The molecule has 1 saturated heterocycles. The highest BCUT2D eigenvalue weighted by molar-refractivity contribution is 7.13. The molecule has 1 aliphatic rings. The Labute approximate surface area is 150 Å². The van der Waals surface area contributed by atoms with E-state index >= 15 is 0 Å². The molecule has 0 aliphatic carbocycles. The Morgan fingerprint density at radius 2 is 1.92 bits per heavy atom. The summed E-state index contributed by atoms with van der Waals surface area (Å²) < 4.78 is 0. The molecule has 5 nitrogen and oxygen atoms in total. The Balaban J connectivity index is 1.42. The number of aromatic amines is 1. The standard InChI is InChI=1S/C19H20N4OS/c1-14-5-2-3-6-17(14)22-8-10-23(11-9-22)19(24)16-13-15(20-21-16)18-7-4-12-25-18/h2-7,12-13H,8-11H2,1H3,(H,20,21). The summed E-state index contributed by atoms with van der Waals surface area (Å²) in [5, 5.41) is 9.20. The first-order valence-corrected chi connectivity index (χ1v) is 9.29. The lowest BCUT2D eigenvalue weighted by Gasteiger charge is -2.36. The molecule has 3 aromatic rings. The Hall–Kier alpha value is -2.60. The maximum atomic E-state index is 12.7. The van der Waals surface area contributed by atoms with Crippen LogP contribution in [-0.2, 0) is 0 Å². The summed E-state index contributed by atoms with van der Waals surface area (Å²) in [7, 11) is 0. The number of para-hydroxylation sites is 1. The molecule has 0 bridgehead atoms. The molecule has 3 heterocycles. The first-order chi connectivity index (χ1) is 12.2. The number of H-pyrrole nitrogens is 1. The molecule has 2 aromatic heterocycles. The number of carbonyl (C=O) groups excluding carboxylic acids is 1. The molecule has 25 heavy (non-hydrogen) atoms. The van der Waals surface area contributed by atoms with Crippen molar-refractivity contribution in [3.63, 3.8) is 0 Å². The highest BCUT2D eigenvalue weighted by Crippen LogP contribution is 2.24. The van der Waals surface area contributed by atoms with Crippen LogP contribution in [0.5, 0.6) is 0 Å². The average Bonchev–Trinajstić information content (AvgIpc) is 3.33. The van der Waals surface area contributed by atoms with Crippen molar-refractivity contribution in [2.45, 2.75) is 6.92 Å². The summed E-state index contributed by atoms with van der Waals surface area (Å²) >= 11 is 1.63. The van der Waals surface area contributed by atoms with Gasteiger partial charge in [0.25, 0.3) is 5.91 Å². The number of piperazine rings is 1. The highest BCUT2D eigenvalue weighted by Gasteiger charge is 2.24. The summed E-state index contributed by atoms with van der Waals surface area (Å²) in [6, 6.07) is 14.3. The number of nitrogens with one attached hydrogen (secondary N) is 1. The largest absolute Gasteiger partial charge is 0.368 e. The summed E-state index contributed by atoms with van der Waals surface area (Å²) in [5.74, 6) is 0.00323. The second kappa shape index (κ2) is 6.72. The summed E-state index contributed by atoms with van der Waals surface area (Å²) in [6.45, 7) is 5.25. The van der Waals surface area contributed by atoms with Gasteiger partial charge >= 0.3 is 0 Å². The zero-order valence-electron chi connectivity index (χ0n) is 14.1. The van der Waals surface area contributed by atoms with E-state index in [-0.39, 0.29) is 5.91 Å². The Morgan fingerprint density at radius 1 is 1.12 bits per heavy atom. The molecule has 1 amide bonds. The van der Waals surface area contributed by atoms with E-state index in [1.54, 1.807) is 11.3 Å². The third-order valence-corrected chi connectivity index (χ3v) is 5.51. The van der Waals surface area contributed by atoms with E-state index in [1.165, 1.54) is 11.3 Å². The summed E-state index contributed by atoms with van der Waals surface area (Å²) in [6.07, 6.45) is 0. The number of nitrogens with zero attached hydrogens (tertiary/aromatic N) is 3. The lowest BCUT2D eigenvalue weighted by Crippen LogP contribution is -2.49. The van der Waals surface area contributed by atoms with E-state index in [0.29, 0.717) is 18.8 Å². The minimum atomic E-state index is 0.00323. The fraction of sp³-hybridized carbons (Fsp3) is 0.263. The van der Waals surface area contributed by atoms with Gasteiger partial charge < -0.3 is 9.80 Å². The number of anilines is 1. The number of carbonyl (C=O) groups is 1. The van der Waals surface area contributed by atoms with Crippen LogP contribution in [0, 0.1) is 6.92 Å². The Morgan fingerprint density at radius 3 is 2.64 bits per heavy atom. The summed E-state index contributed by atoms with van der Waals surface area (Å²) in [5.41, 5.74) is 3.93. The summed E-state index contributed by atoms with van der Waals surface area (Å²) in [4.78, 5) is 18.1. The molecular formula is C19H20N4OS. The lowest BCUT2D eigenvalue weighted by molar-refractivity contribution is 0.0741. The number of aryl methyl sites for hydroxylation is 1. The molecular weight excluding hydrogens is 332 g/mol. The van der Waals surface area contributed by atoms with Crippen molar-refractivity contribution in [2.75, 3.05) is 31.1 Å². The van der Waals surface area contributed by atoms with Gasteiger partial charge in [-0.2, -0.15) is 5.10 Å². The smallest absolute Gasteiger partial charge is 0.274 e. The molecule has 1 fully saturated rings. The van der Waals surface area contributed by atoms with Gasteiger partial charge in [-0.25, -0.2) is 0 Å². The van der Waals surface area contributed by atoms with E-state index in [0.717, 1.165) is 23.7 Å². The molecule has 0 saturated carbocycles. The highest BCUT2D eigenvalue weighted by atomic mass is 32.1. The zero-order valence-corrected chi connectivity index (χ0v) is 14.9. The topological polar surface area (TPSA) is 52.2 Å². The van der Waals surface area contributed by atoms with Crippen LogP contribution in [0.15, 0.2) is 47.8 Å². The van der Waals surface area contributed by atoms with Gasteiger partial charge in [0.1, 0.15) is 0 Å². The van der Waals surface area contributed by atoms with E-state index < -0.39 is 0 Å². The van der Waals surface area contributed by atoms with Crippen LogP contribution in [0.1, 0.15) is 16.1 Å². The van der Waals surface area contributed by atoms with Crippen molar-refractivity contribution in [2.24, 2.45) is 0 Å². The zero-order chi connectivity index (χ0) is 17.2. The fourth-order valence-electron chi connectivity index (χ4n) is 3.22. The second-order valence-corrected chi connectivity index (χ2v) is 7.16. The minimum Gasteiger partial charge on any atom is -0.368 e. The minimum absolute atomic E-state index is 0.00323. The van der Waals surface area contributed by atoms with E-state index in [4.69, 9.17) is 0 Å². The van der Waals surface area contributed by atoms with E-state index in [2.05, 4.69) is 46.3 Å². The first-order valence-electron chi connectivity index (χ1n) is 8.41. The van der Waals surface area contributed by atoms with Crippen LogP contribution in [0.3, 0.4) is 0 Å². The molecule has 0 unspecified atom stereocenters. The molecule has 1 aromatic carbocycles. The van der Waals surface area contributed by atoms with Gasteiger partial charge in [0.2, 0.25) is 0 Å². The van der Waals surface area contributed by atoms with Crippen LogP contribution in [-0.4, -0.2) is 47.2 Å². The fourth-order valence-corrected chi connectivity index (χ4v) is 3.91. The van der Waals surface area contributed by atoms with Crippen LogP contribution < -0.4 is 4.90 Å². The van der Waals surface area contributed by atoms with Gasteiger partial charge in [0.05, 0.1) is 10.6 Å². The SMILES string of the molecule is Cc1ccccc1N1CCN(C(=O)c2cc(-c3cccs3)[nH]n2)CC1. The molecule has 0 radical (unpaired) electrons. The third-order valence-electron chi connectivity index (χ3n) is 4.61. The number of thiophene rings is 1. The van der Waals surface area contributed by atoms with Crippen molar-refractivity contribution >= 4 is 22.9 Å². The quantitative estimate of drug-likeness (QED) is 0.786. The van der Waals surface area contributed by atoms with Crippen molar-refractivity contribution in [3.05, 3.63) is 59.1 Å². The number of benzene rings is 1. The number of rotatable bonds is 3. The maximum Gasteiger partial charge on any atom is 0.274 e. The molecule has 1 aliphatic heterocycles. The Kier molecular flexibility index (Phi) is 4.28. The van der Waals surface area contributed by atoms with Gasteiger partial charge in [-0.1, -0.05) is 24.3 Å². The Bertz CT molecular complexity index is 863. The van der Waals surface area contributed by atoms with Gasteiger partial charge in [0, 0.05) is 31.9 Å². The van der Waals surface area contributed by atoms with Gasteiger partial charge in [0.15, 0.2) is 5.69 Å². The van der Waals surface area contributed by atoms with Crippen molar-refractivity contribution in [3.8, 4) is 10.6 Å². The predicted octanol–water partition coefficient (Wildman–Crippen LogP) is 3.41. The number of aromatic nitrogens is 2. The van der Waals surface area contributed by atoms with E-state index in [9.17, 15) is 4.79 Å². The molecule has 0 spiro atoms. The van der Waals surface area contributed by atoms with Crippen LogP contribution in [0.2, 0.25) is 0 Å².